The SMILES string of the molecule is C[C@@H]1NC(=S)N(c2ccc(OCc3ccccn3)c(Cl)c2)C1=O. The molecule has 1 saturated heterocycles. The molecule has 5 nitrogen and oxygen atoms in total. The lowest BCUT2D eigenvalue weighted by molar-refractivity contribution is -0.117. The molecule has 0 aliphatic carbocycles. The van der Waals surface area contributed by atoms with Crippen LogP contribution in [0.4, 0.5) is 5.69 Å². The Labute approximate surface area is 144 Å². The van der Waals surface area contributed by atoms with Crippen molar-refractivity contribution in [2.24, 2.45) is 0 Å². The fourth-order valence-electron chi connectivity index (χ4n) is 2.23. The highest BCUT2D eigenvalue weighted by molar-refractivity contribution is 7.80. The molecule has 1 atom stereocenters. The van der Waals surface area contributed by atoms with Gasteiger partial charge < -0.3 is 10.1 Å². The number of amides is 1. The Hall–Kier alpha value is -2.18. The van der Waals surface area contributed by atoms with Crippen molar-refractivity contribution in [3.05, 3.63) is 53.3 Å². The van der Waals surface area contributed by atoms with Gasteiger partial charge in [0.15, 0.2) is 5.11 Å². The second-order valence-corrected chi connectivity index (χ2v) is 5.86. The van der Waals surface area contributed by atoms with Crippen molar-refractivity contribution in [3.63, 3.8) is 0 Å². The number of rotatable bonds is 4. The predicted octanol–water partition coefficient (Wildman–Crippen LogP) is 2.92. The van der Waals surface area contributed by atoms with Crippen LogP contribution in [-0.2, 0) is 11.4 Å². The van der Waals surface area contributed by atoms with E-state index in [0.29, 0.717) is 28.2 Å². The summed E-state index contributed by atoms with van der Waals surface area (Å²) in [6.07, 6.45) is 1.71. The Balaban J connectivity index is 1.76. The standard InChI is InChI=1S/C16H14ClN3O2S/c1-10-15(21)20(16(23)19-10)12-5-6-14(13(17)8-12)22-9-11-4-2-3-7-18-11/h2-8,10H,9H2,1H3,(H,19,23)/t10-/m0/s1. The quantitative estimate of drug-likeness (QED) is 0.862. The van der Waals surface area contributed by atoms with Crippen molar-refractivity contribution >= 4 is 40.5 Å². The molecule has 2 aromatic rings. The van der Waals surface area contributed by atoms with Gasteiger partial charge in [-0.05, 0) is 49.5 Å². The fourth-order valence-corrected chi connectivity index (χ4v) is 2.83. The van der Waals surface area contributed by atoms with Crippen LogP contribution in [0.3, 0.4) is 0 Å². The third-order valence-corrected chi connectivity index (χ3v) is 4.01. The molecular weight excluding hydrogens is 334 g/mol. The van der Waals surface area contributed by atoms with Gasteiger partial charge >= 0.3 is 0 Å². The minimum absolute atomic E-state index is 0.103. The van der Waals surface area contributed by atoms with Crippen molar-refractivity contribution in [1.29, 1.82) is 0 Å². The molecular formula is C16H14ClN3O2S. The van der Waals surface area contributed by atoms with Gasteiger partial charge in [0.05, 0.1) is 16.4 Å². The van der Waals surface area contributed by atoms with E-state index in [-0.39, 0.29) is 11.9 Å². The van der Waals surface area contributed by atoms with E-state index >= 15 is 0 Å². The van der Waals surface area contributed by atoms with Crippen molar-refractivity contribution in [1.82, 2.24) is 10.3 Å². The molecule has 0 radical (unpaired) electrons. The Morgan fingerprint density at radius 3 is 2.83 bits per heavy atom. The molecule has 1 fully saturated rings. The number of hydrogen-bond donors (Lipinski definition) is 1. The van der Waals surface area contributed by atoms with E-state index in [1.54, 1.807) is 31.3 Å². The first-order chi connectivity index (χ1) is 11.1. The topological polar surface area (TPSA) is 54.5 Å². The van der Waals surface area contributed by atoms with Gasteiger partial charge in [0.2, 0.25) is 0 Å². The van der Waals surface area contributed by atoms with Crippen molar-refractivity contribution in [2.75, 3.05) is 4.90 Å². The molecule has 0 unspecified atom stereocenters. The first-order valence-corrected chi connectivity index (χ1v) is 7.81. The highest BCUT2D eigenvalue weighted by Gasteiger charge is 2.33. The average molecular weight is 348 g/mol. The van der Waals surface area contributed by atoms with Crippen molar-refractivity contribution < 1.29 is 9.53 Å². The number of ether oxygens (including phenoxy) is 1. The van der Waals surface area contributed by atoms with E-state index in [9.17, 15) is 4.79 Å². The maximum Gasteiger partial charge on any atom is 0.255 e. The monoisotopic (exact) mass is 347 g/mol. The van der Waals surface area contributed by atoms with Crippen LogP contribution in [-0.4, -0.2) is 22.0 Å². The van der Waals surface area contributed by atoms with E-state index in [4.69, 9.17) is 28.6 Å². The summed E-state index contributed by atoms with van der Waals surface area (Å²) in [6.45, 7) is 2.08. The summed E-state index contributed by atoms with van der Waals surface area (Å²) in [5.41, 5.74) is 1.42. The first-order valence-electron chi connectivity index (χ1n) is 7.03. The van der Waals surface area contributed by atoms with E-state index in [2.05, 4.69) is 10.3 Å². The number of halogens is 1. The van der Waals surface area contributed by atoms with Gasteiger partial charge in [-0.1, -0.05) is 17.7 Å². The minimum Gasteiger partial charge on any atom is -0.486 e. The number of carbonyl (C=O) groups is 1. The highest BCUT2D eigenvalue weighted by Crippen LogP contribution is 2.31. The van der Waals surface area contributed by atoms with Crippen LogP contribution in [0.2, 0.25) is 5.02 Å². The lowest BCUT2D eigenvalue weighted by Crippen LogP contribution is -2.30. The van der Waals surface area contributed by atoms with Crippen LogP contribution in [0, 0.1) is 0 Å². The summed E-state index contributed by atoms with van der Waals surface area (Å²) in [6, 6.07) is 10.4. The number of benzene rings is 1. The summed E-state index contributed by atoms with van der Waals surface area (Å²) < 4.78 is 5.67. The Morgan fingerprint density at radius 1 is 1.39 bits per heavy atom. The third-order valence-electron chi connectivity index (χ3n) is 3.41. The first kappa shape index (κ1) is 15.7. The zero-order chi connectivity index (χ0) is 16.4. The molecule has 1 aromatic heterocycles. The van der Waals surface area contributed by atoms with Gasteiger partial charge in [-0.3, -0.25) is 14.7 Å². The molecule has 1 amide bonds. The van der Waals surface area contributed by atoms with Crippen LogP contribution >= 0.6 is 23.8 Å². The lowest BCUT2D eigenvalue weighted by atomic mass is 10.2. The van der Waals surface area contributed by atoms with E-state index in [0.717, 1.165) is 5.69 Å². The van der Waals surface area contributed by atoms with Crippen LogP contribution < -0.4 is 15.0 Å². The highest BCUT2D eigenvalue weighted by atomic mass is 35.5. The van der Waals surface area contributed by atoms with Gasteiger partial charge in [0, 0.05) is 6.20 Å². The third kappa shape index (κ3) is 3.28. The number of pyridine rings is 1. The zero-order valence-corrected chi connectivity index (χ0v) is 13.9. The number of aromatic nitrogens is 1. The molecule has 0 spiro atoms. The van der Waals surface area contributed by atoms with Crippen LogP contribution in [0.15, 0.2) is 42.6 Å². The summed E-state index contributed by atoms with van der Waals surface area (Å²) in [7, 11) is 0. The summed E-state index contributed by atoms with van der Waals surface area (Å²) in [4.78, 5) is 17.7. The summed E-state index contributed by atoms with van der Waals surface area (Å²) >= 11 is 11.4. The normalized spacial score (nSPS) is 17.3. The number of anilines is 1. The van der Waals surface area contributed by atoms with Gasteiger partial charge in [0.25, 0.3) is 5.91 Å². The molecule has 23 heavy (non-hydrogen) atoms. The second kappa shape index (κ2) is 6.52. The molecule has 1 aromatic carbocycles. The maximum absolute atomic E-state index is 12.1. The average Bonchev–Trinajstić information content (AvgIpc) is 2.80. The van der Waals surface area contributed by atoms with E-state index in [1.165, 1.54) is 4.90 Å². The molecule has 1 aliphatic heterocycles. The van der Waals surface area contributed by atoms with Gasteiger partial charge in [-0.25, -0.2) is 0 Å². The van der Waals surface area contributed by atoms with Gasteiger partial charge in [-0.2, -0.15) is 0 Å². The minimum atomic E-state index is -0.332. The largest absolute Gasteiger partial charge is 0.486 e. The Kier molecular flexibility index (Phi) is 4.45. The zero-order valence-electron chi connectivity index (χ0n) is 12.3. The molecule has 3 rings (SSSR count). The molecule has 118 valence electrons. The second-order valence-electron chi connectivity index (χ2n) is 5.07. The Morgan fingerprint density at radius 2 is 2.22 bits per heavy atom. The maximum atomic E-state index is 12.1. The van der Waals surface area contributed by atoms with E-state index in [1.807, 2.05) is 18.2 Å². The van der Waals surface area contributed by atoms with Crippen LogP contribution in [0.25, 0.3) is 0 Å². The smallest absolute Gasteiger partial charge is 0.255 e. The molecule has 0 saturated carbocycles. The van der Waals surface area contributed by atoms with Gasteiger partial charge in [0.1, 0.15) is 18.4 Å². The molecule has 1 N–H and O–H groups in total. The molecule has 7 heteroatoms. The number of carbonyl (C=O) groups excluding carboxylic acids is 1. The number of hydrogen-bond acceptors (Lipinski definition) is 4. The molecule has 0 bridgehead atoms. The molecule has 1 aliphatic rings. The predicted molar refractivity (Wildman–Crippen MR) is 92.7 cm³/mol. The van der Waals surface area contributed by atoms with Crippen molar-refractivity contribution in [3.8, 4) is 5.75 Å². The number of nitrogens with zero attached hydrogens (tertiary/aromatic N) is 2. The van der Waals surface area contributed by atoms with Gasteiger partial charge in [-0.15, -0.1) is 0 Å². The Bertz CT molecular complexity index is 754. The molecule has 2 heterocycles. The summed E-state index contributed by atoms with van der Waals surface area (Å²) in [5.74, 6) is 0.424. The van der Waals surface area contributed by atoms with E-state index < -0.39 is 0 Å². The van der Waals surface area contributed by atoms with Crippen LogP contribution in [0.5, 0.6) is 5.75 Å². The lowest BCUT2D eigenvalue weighted by Gasteiger charge is -2.16. The summed E-state index contributed by atoms with van der Waals surface area (Å²) in [5, 5.41) is 3.71. The fraction of sp³-hybridized carbons (Fsp3) is 0.188. The van der Waals surface area contributed by atoms with Crippen molar-refractivity contribution in [2.45, 2.75) is 19.6 Å². The van der Waals surface area contributed by atoms with Crippen LogP contribution in [0.1, 0.15) is 12.6 Å². The number of thiocarbonyl (C=S) groups is 1. The number of nitrogens with one attached hydrogen (secondary N) is 1.